The molecular formula is C45H51F2N7O4. The summed E-state index contributed by atoms with van der Waals surface area (Å²) >= 11 is 0. The molecule has 3 aromatic carbocycles. The van der Waals surface area contributed by atoms with Gasteiger partial charge in [-0.1, -0.05) is 54.6 Å². The Kier molecular flexibility index (Phi) is 11.8. The van der Waals surface area contributed by atoms with E-state index in [2.05, 4.69) is 30.8 Å². The van der Waals surface area contributed by atoms with Gasteiger partial charge in [-0.25, -0.2) is 18.7 Å². The Labute approximate surface area is 337 Å². The minimum absolute atomic E-state index is 0.0592. The first-order valence-electron chi connectivity index (χ1n) is 20.7. The van der Waals surface area contributed by atoms with Gasteiger partial charge in [0.05, 0.1) is 11.8 Å². The summed E-state index contributed by atoms with van der Waals surface area (Å²) < 4.78 is 30.2. The lowest BCUT2D eigenvalue weighted by atomic mass is 9.83. The van der Waals surface area contributed by atoms with Crippen LogP contribution in [0.2, 0.25) is 0 Å². The molecule has 13 heteroatoms. The average Bonchev–Trinajstić information content (AvgIpc) is 3.24. The zero-order chi connectivity index (χ0) is 40.2. The van der Waals surface area contributed by atoms with E-state index in [0.717, 1.165) is 62.7 Å². The van der Waals surface area contributed by atoms with E-state index in [4.69, 9.17) is 0 Å². The van der Waals surface area contributed by atoms with Crippen LogP contribution in [-0.2, 0) is 14.4 Å². The first-order chi connectivity index (χ1) is 28.1. The van der Waals surface area contributed by atoms with Gasteiger partial charge in [0.15, 0.2) is 5.82 Å². The van der Waals surface area contributed by atoms with Crippen molar-refractivity contribution in [2.24, 2.45) is 5.92 Å². The second-order valence-electron chi connectivity index (χ2n) is 16.5. The number of benzene rings is 3. The predicted molar refractivity (Wildman–Crippen MR) is 218 cm³/mol. The Morgan fingerprint density at radius 2 is 1.53 bits per heavy atom. The predicted octanol–water partition coefficient (Wildman–Crippen LogP) is 6.51. The number of hydrogen-bond donors (Lipinski definition) is 4. The fourth-order valence-electron chi connectivity index (χ4n) is 9.14. The Hall–Kier alpha value is -5.27. The highest BCUT2D eigenvalue weighted by Gasteiger charge is 2.39. The van der Waals surface area contributed by atoms with Crippen molar-refractivity contribution in [1.29, 1.82) is 0 Å². The summed E-state index contributed by atoms with van der Waals surface area (Å²) in [5, 5.41) is 20.3. The van der Waals surface area contributed by atoms with Gasteiger partial charge in [0.25, 0.3) is 0 Å². The molecule has 4 heterocycles. The molecule has 0 bridgehead atoms. The molecule has 4 fully saturated rings. The average molecular weight is 792 g/mol. The molecule has 0 spiro atoms. The number of carbonyl (C=O) groups is 3. The van der Waals surface area contributed by atoms with Crippen molar-refractivity contribution in [2.75, 3.05) is 43.4 Å². The van der Waals surface area contributed by atoms with E-state index in [0.29, 0.717) is 61.7 Å². The number of piperidine rings is 3. The Bertz CT molecular complexity index is 2110. The number of nitrogens with one attached hydrogen (secondary N) is 3. The highest BCUT2D eigenvalue weighted by molar-refractivity contribution is 6.01. The smallest absolute Gasteiger partial charge is 0.249 e. The van der Waals surface area contributed by atoms with E-state index in [-0.39, 0.29) is 47.6 Å². The summed E-state index contributed by atoms with van der Waals surface area (Å²) in [5.41, 5.74) is 3.23. The number of amides is 3. The molecule has 1 aromatic heterocycles. The SMILES string of the molecule is O=C1CCC(Nc2ccc(C3CCN(CC4(O)CCN(C(=O)[C@H]5CC[C@H](Nc6ncc(F)c(-c7cccc(-c8ccccc8)c7)n6)CC5)CC4)CC3)c(F)c2)C(=O)N1. The maximum absolute atomic E-state index is 15.3. The van der Waals surface area contributed by atoms with Crippen LogP contribution in [0.5, 0.6) is 0 Å². The molecule has 11 nitrogen and oxygen atoms in total. The van der Waals surface area contributed by atoms with Crippen molar-refractivity contribution in [3.8, 4) is 22.4 Å². The Morgan fingerprint density at radius 3 is 2.26 bits per heavy atom. The van der Waals surface area contributed by atoms with Crippen LogP contribution < -0.4 is 16.0 Å². The number of β-amino-alcohol motifs (C(OH)–C–C–N with tert-alkyl or cyclic N) is 1. The van der Waals surface area contributed by atoms with Gasteiger partial charge >= 0.3 is 0 Å². The molecule has 4 aliphatic rings. The van der Waals surface area contributed by atoms with Gasteiger partial charge in [0.2, 0.25) is 23.7 Å². The summed E-state index contributed by atoms with van der Waals surface area (Å²) in [5.74, 6) is -0.966. The number of nitrogens with zero attached hydrogens (tertiary/aromatic N) is 4. The highest BCUT2D eigenvalue weighted by atomic mass is 19.1. The van der Waals surface area contributed by atoms with E-state index in [1.165, 1.54) is 12.3 Å². The second-order valence-corrected chi connectivity index (χ2v) is 16.5. The van der Waals surface area contributed by atoms with Crippen LogP contribution in [0.25, 0.3) is 22.4 Å². The van der Waals surface area contributed by atoms with Gasteiger partial charge in [-0.2, -0.15) is 0 Å². The van der Waals surface area contributed by atoms with Crippen LogP contribution in [0.15, 0.2) is 79.0 Å². The molecule has 58 heavy (non-hydrogen) atoms. The number of imide groups is 1. The van der Waals surface area contributed by atoms with Crippen LogP contribution >= 0.6 is 0 Å². The minimum Gasteiger partial charge on any atom is -0.388 e. The van der Waals surface area contributed by atoms with Crippen molar-refractivity contribution in [1.82, 2.24) is 25.1 Å². The van der Waals surface area contributed by atoms with Crippen LogP contribution in [-0.4, -0.2) is 93.0 Å². The van der Waals surface area contributed by atoms with E-state index in [1.807, 2.05) is 59.5 Å². The van der Waals surface area contributed by atoms with Gasteiger partial charge in [-0.3, -0.25) is 19.7 Å². The highest BCUT2D eigenvalue weighted by Crippen LogP contribution is 2.35. The largest absolute Gasteiger partial charge is 0.388 e. The first kappa shape index (κ1) is 39.6. The van der Waals surface area contributed by atoms with E-state index in [9.17, 15) is 23.9 Å². The number of halogens is 2. The van der Waals surface area contributed by atoms with Crippen molar-refractivity contribution in [3.63, 3.8) is 0 Å². The van der Waals surface area contributed by atoms with Crippen LogP contribution in [0, 0.1) is 17.6 Å². The number of anilines is 2. The Balaban J connectivity index is 0.771. The molecule has 1 atom stereocenters. The first-order valence-corrected chi connectivity index (χ1v) is 20.7. The van der Waals surface area contributed by atoms with Gasteiger partial charge in [-0.05, 0) is 112 Å². The fourth-order valence-corrected chi connectivity index (χ4v) is 9.14. The maximum atomic E-state index is 15.3. The zero-order valence-electron chi connectivity index (χ0n) is 32.6. The maximum Gasteiger partial charge on any atom is 0.249 e. The van der Waals surface area contributed by atoms with Crippen molar-refractivity contribution < 1.29 is 28.3 Å². The molecule has 0 radical (unpaired) electrons. The van der Waals surface area contributed by atoms with Crippen LogP contribution in [0.4, 0.5) is 20.4 Å². The normalized spacial score (nSPS) is 22.9. The quantitative estimate of drug-likeness (QED) is 0.133. The van der Waals surface area contributed by atoms with E-state index >= 15 is 4.39 Å². The van der Waals surface area contributed by atoms with E-state index in [1.54, 1.807) is 12.1 Å². The third-order valence-corrected chi connectivity index (χ3v) is 12.5. The lowest BCUT2D eigenvalue weighted by Gasteiger charge is -2.43. The molecule has 4 aromatic rings. The molecule has 304 valence electrons. The third kappa shape index (κ3) is 9.21. The number of carbonyl (C=O) groups excluding carboxylic acids is 3. The fraction of sp³-hybridized carbons (Fsp3) is 0.444. The molecule has 3 aliphatic heterocycles. The Morgan fingerprint density at radius 1 is 0.810 bits per heavy atom. The number of rotatable bonds is 10. The van der Waals surface area contributed by atoms with Crippen LogP contribution in [0.1, 0.15) is 75.7 Å². The standard InChI is InChI=1S/C45H51F2N7O4/c46-37-26-35(49-39-15-16-40(55)51-42(39)56)13-14-36(37)30-17-21-53(22-18-30)28-45(58)19-23-54(24-20-45)43(57)31-9-11-34(12-10-31)50-44-48-27-38(47)41(52-44)33-8-4-7-32(25-33)29-5-2-1-3-6-29/h1-8,13-14,25-27,30-31,34,39,49,58H,9-12,15-24,28H2,(H,48,50,52)(H,51,55,56)/t31-,34-,39?. The molecule has 3 saturated heterocycles. The summed E-state index contributed by atoms with van der Waals surface area (Å²) in [7, 11) is 0. The number of aromatic nitrogens is 2. The lowest BCUT2D eigenvalue weighted by molar-refractivity contribution is -0.141. The van der Waals surface area contributed by atoms with Gasteiger partial charge in [0.1, 0.15) is 17.6 Å². The minimum atomic E-state index is -0.878. The third-order valence-electron chi connectivity index (χ3n) is 12.5. The summed E-state index contributed by atoms with van der Waals surface area (Å²) in [6, 6.07) is 22.1. The van der Waals surface area contributed by atoms with Crippen molar-refractivity contribution in [2.45, 2.75) is 87.8 Å². The molecular weight excluding hydrogens is 741 g/mol. The molecule has 1 unspecified atom stereocenters. The zero-order valence-corrected chi connectivity index (χ0v) is 32.6. The summed E-state index contributed by atoms with van der Waals surface area (Å²) in [6.07, 6.45) is 7.43. The second kappa shape index (κ2) is 17.3. The number of hydrogen-bond acceptors (Lipinski definition) is 9. The number of aliphatic hydroxyl groups is 1. The number of likely N-dealkylation sites (tertiary alicyclic amines) is 2. The van der Waals surface area contributed by atoms with Gasteiger partial charge in [-0.15, -0.1) is 0 Å². The van der Waals surface area contributed by atoms with E-state index < -0.39 is 23.4 Å². The molecule has 8 rings (SSSR count). The monoisotopic (exact) mass is 791 g/mol. The molecule has 3 amide bonds. The topological polar surface area (TPSA) is 140 Å². The van der Waals surface area contributed by atoms with Gasteiger partial charge < -0.3 is 25.5 Å². The van der Waals surface area contributed by atoms with Gasteiger partial charge in [0, 0.05) is 49.3 Å². The lowest BCUT2D eigenvalue weighted by Crippen LogP contribution is -2.54. The van der Waals surface area contributed by atoms with Crippen LogP contribution in [0.3, 0.4) is 0 Å². The van der Waals surface area contributed by atoms with Crippen molar-refractivity contribution >= 4 is 29.4 Å². The molecule has 1 saturated carbocycles. The summed E-state index contributed by atoms with van der Waals surface area (Å²) in [4.78, 5) is 50.1. The summed E-state index contributed by atoms with van der Waals surface area (Å²) in [6.45, 7) is 3.06. The molecule has 4 N–H and O–H groups in total. The molecule has 1 aliphatic carbocycles. The van der Waals surface area contributed by atoms with Crippen molar-refractivity contribution in [3.05, 3.63) is 96.2 Å².